The van der Waals surface area contributed by atoms with Gasteiger partial charge in [-0.25, -0.2) is 4.79 Å². The summed E-state index contributed by atoms with van der Waals surface area (Å²) in [4.78, 5) is 20.6. The van der Waals surface area contributed by atoms with Crippen molar-refractivity contribution in [1.82, 2.24) is 9.97 Å². The number of esters is 1. The highest BCUT2D eigenvalue weighted by molar-refractivity contribution is 5.89. The Balaban J connectivity index is 1.59. The largest absolute Gasteiger partial charge is 0.497 e. The topological polar surface area (TPSA) is 70.5 Å². The third kappa shape index (κ3) is 5.80. The minimum atomic E-state index is -0.325. The fourth-order valence-corrected chi connectivity index (χ4v) is 3.17. The molecule has 0 amide bonds. The van der Waals surface area contributed by atoms with Crippen LogP contribution in [0.3, 0.4) is 0 Å². The molecule has 1 heterocycles. The van der Waals surface area contributed by atoms with Gasteiger partial charge in [0.15, 0.2) is 0 Å². The number of hydrogen-bond acceptors (Lipinski definition) is 6. The summed E-state index contributed by atoms with van der Waals surface area (Å²) in [6.07, 6.45) is 6.83. The third-order valence-corrected chi connectivity index (χ3v) is 4.86. The molecule has 30 heavy (non-hydrogen) atoms. The van der Waals surface area contributed by atoms with Gasteiger partial charge in [-0.1, -0.05) is 12.1 Å². The van der Waals surface area contributed by atoms with Crippen LogP contribution in [0.25, 0.3) is 0 Å². The van der Waals surface area contributed by atoms with E-state index in [2.05, 4.69) is 4.98 Å². The predicted molar refractivity (Wildman–Crippen MR) is 114 cm³/mol. The molecule has 0 aliphatic carbocycles. The average Bonchev–Trinajstić information content (AvgIpc) is 2.81. The number of aryl methyl sites for hydroxylation is 4. The summed E-state index contributed by atoms with van der Waals surface area (Å²) in [5, 5.41) is 0. The Morgan fingerprint density at radius 2 is 1.33 bits per heavy atom. The summed E-state index contributed by atoms with van der Waals surface area (Å²) in [5.41, 5.74) is 4.72. The standard InChI is InChI=1S/C24H26N2O4/c1-28-22-12-18(13-23(14-22)29-2)7-11-21-16-25-15-20(26-21)10-6-17-4-8-19(9-5-17)24(27)30-3/h4-5,8-9,12-16H,6-7,10-11H2,1-3H3. The summed E-state index contributed by atoms with van der Waals surface area (Å²) in [5.74, 6) is 1.23. The molecule has 6 nitrogen and oxygen atoms in total. The van der Waals surface area contributed by atoms with Crippen LogP contribution in [0.15, 0.2) is 54.9 Å². The number of ether oxygens (including phenoxy) is 3. The molecule has 0 aliphatic heterocycles. The van der Waals surface area contributed by atoms with Gasteiger partial charge < -0.3 is 14.2 Å². The summed E-state index contributed by atoms with van der Waals surface area (Å²) in [6.45, 7) is 0. The van der Waals surface area contributed by atoms with Crippen molar-refractivity contribution in [3.63, 3.8) is 0 Å². The van der Waals surface area contributed by atoms with Gasteiger partial charge >= 0.3 is 5.97 Å². The van der Waals surface area contributed by atoms with Gasteiger partial charge in [0.05, 0.1) is 38.3 Å². The van der Waals surface area contributed by atoms with Crippen molar-refractivity contribution in [1.29, 1.82) is 0 Å². The number of methoxy groups -OCH3 is 3. The van der Waals surface area contributed by atoms with E-state index < -0.39 is 0 Å². The van der Waals surface area contributed by atoms with Crippen molar-refractivity contribution >= 4 is 5.97 Å². The van der Waals surface area contributed by atoms with Gasteiger partial charge in [-0.05, 0) is 61.1 Å². The van der Waals surface area contributed by atoms with Crippen LogP contribution in [0.1, 0.15) is 32.9 Å². The lowest BCUT2D eigenvalue weighted by Gasteiger charge is -2.09. The molecule has 0 radical (unpaired) electrons. The molecule has 3 aromatic rings. The lowest BCUT2D eigenvalue weighted by molar-refractivity contribution is 0.0600. The minimum Gasteiger partial charge on any atom is -0.497 e. The zero-order valence-corrected chi connectivity index (χ0v) is 17.6. The maximum atomic E-state index is 11.5. The van der Waals surface area contributed by atoms with Crippen LogP contribution < -0.4 is 9.47 Å². The van der Waals surface area contributed by atoms with Gasteiger partial charge in [-0.2, -0.15) is 0 Å². The number of aromatic nitrogens is 2. The van der Waals surface area contributed by atoms with E-state index in [1.54, 1.807) is 32.5 Å². The molecule has 3 rings (SSSR count). The van der Waals surface area contributed by atoms with E-state index in [9.17, 15) is 4.79 Å². The first-order chi connectivity index (χ1) is 14.6. The number of benzene rings is 2. The van der Waals surface area contributed by atoms with Gasteiger partial charge in [0, 0.05) is 18.5 Å². The number of hydrogen-bond donors (Lipinski definition) is 0. The summed E-state index contributed by atoms with van der Waals surface area (Å²) in [7, 11) is 4.68. The molecule has 156 valence electrons. The fourth-order valence-electron chi connectivity index (χ4n) is 3.17. The van der Waals surface area contributed by atoms with E-state index in [1.807, 2.05) is 36.5 Å². The Bertz CT molecular complexity index is 965. The smallest absolute Gasteiger partial charge is 0.337 e. The predicted octanol–water partition coefficient (Wildman–Crippen LogP) is 3.85. The van der Waals surface area contributed by atoms with Crippen LogP contribution in [0, 0.1) is 0 Å². The molecule has 6 heteroatoms. The lowest BCUT2D eigenvalue weighted by Crippen LogP contribution is -2.03. The Labute approximate surface area is 176 Å². The van der Waals surface area contributed by atoms with Crippen LogP contribution in [-0.2, 0) is 30.4 Å². The number of carbonyl (C=O) groups is 1. The molecule has 0 unspecified atom stereocenters. The molecule has 0 fully saturated rings. The zero-order chi connectivity index (χ0) is 21.3. The Morgan fingerprint density at radius 1 is 0.767 bits per heavy atom. The highest BCUT2D eigenvalue weighted by atomic mass is 16.5. The normalized spacial score (nSPS) is 10.5. The maximum absolute atomic E-state index is 11.5. The Hall–Kier alpha value is -3.41. The van der Waals surface area contributed by atoms with E-state index in [4.69, 9.17) is 19.2 Å². The zero-order valence-electron chi connectivity index (χ0n) is 17.6. The molecule has 0 bridgehead atoms. The first kappa shape index (κ1) is 21.3. The fraction of sp³-hybridized carbons (Fsp3) is 0.292. The number of rotatable bonds is 9. The molecule has 0 N–H and O–H groups in total. The molecular formula is C24H26N2O4. The first-order valence-electron chi connectivity index (χ1n) is 9.80. The summed E-state index contributed by atoms with van der Waals surface area (Å²) < 4.78 is 15.4. The van der Waals surface area contributed by atoms with E-state index in [0.29, 0.717) is 5.56 Å². The Morgan fingerprint density at radius 3 is 1.87 bits per heavy atom. The average molecular weight is 406 g/mol. The summed E-state index contributed by atoms with van der Waals surface area (Å²) >= 11 is 0. The molecule has 0 aliphatic rings. The van der Waals surface area contributed by atoms with Crippen molar-refractivity contribution in [2.75, 3.05) is 21.3 Å². The van der Waals surface area contributed by atoms with Crippen molar-refractivity contribution < 1.29 is 19.0 Å². The van der Waals surface area contributed by atoms with Crippen molar-refractivity contribution in [2.24, 2.45) is 0 Å². The second-order valence-corrected chi connectivity index (χ2v) is 6.91. The van der Waals surface area contributed by atoms with Crippen molar-refractivity contribution in [2.45, 2.75) is 25.7 Å². The van der Waals surface area contributed by atoms with Gasteiger partial charge in [0.25, 0.3) is 0 Å². The quantitative estimate of drug-likeness (QED) is 0.503. The van der Waals surface area contributed by atoms with Crippen LogP contribution in [0.4, 0.5) is 0 Å². The maximum Gasteiger partial charge on any atom is 0.337 e. The Kier molecular flexibility index (Phi) is 7.38. The molecule has 2 aromatic carbocycles. The van der Waals surface area contributed by atoms with Gasteiger partial charge in [0.1, 0.15) is 11.5 Å². The highest BCUT2D eigenvalue weighted by Gasteiger charge is 2.07. The van der Waals surface area contributed by atoms with E-state index in [-0.39, 0.29) is 5.97 Å². The second-order valence-electron chi connectivity index (χ2n) is 6.91. The second kappa shape index (κ2) is 10.4. The van der Waals surface area contributed by atoms with Crippen LogP contribution >= 0.6 is 0 Å². The third-order valence-electron chi connectivity index (χ3n) is 4.86. The minimum absolute atomic E-state index is 0.325. The number of nitrogens with zero attached hydrogens (tertiary/aromatic N) is 2. The molecule has 1 aromatic heterocycles. The lowest BCUT2D eigenvalue weighted by atomic mass is 10.1. The molecule has 0 atom stereocenters. The molecular weight excluding hydrogens is 380 g/mol. The summed E-state index contributed by atoms with van der Waals surface area (Å²) in [6, 6.07) is 13.3. The van der Waals surface area contributed by atoms with Crippen molar-refractivity contribution in [3.05, 3.63) is 82.9 Å². The SMILES string of the molecule is COC(=O)c1ccc(CCc2cncc(CCc3cc(OC)cc(OC)c3)n2)cc1. The van der Waals surface area contributed by atoms with E-state index in [1.165, 1.54) is 7.11 Å². The van der Waals surface area contributed by atoms with Gasteiger partial charge in [-0.15, -0.1) is 0 Å². The van der Waals surface area contributed by atoms with Crippen LogP contribution in [-0.4, -0.2) is 37.3 Å². The van der Waals surface area contributed by atoms with Crippen LogP contribution in [0.5, 0.6) is 11.5 Å². The first-order valence-corrected chi connectivity index (χ1v) is 9.80. The van der Waals surface area contributed by atoms with E-state index in [0.717, 1.165) is 59.7 Å². The van der Waals surface area contributed by atoms with Gasteiger partial charge in [0.2, 0.25) is 0 Å². The molecule has 0 spiro atoms. The van der Waals surface area contributed by atoms with Gasteiger partial charge in [-0.3, -0.25) is 9.97 Å². The van der Waals surface area contributed by atoms with Crippen LogP contribution in [0.2, 0.25) is 0 Å². The molecule has 0 saturated carbocycles. The monoisotopic (exact) mass is 406 g/mol. The van der Waals surface area contributed by atoms with Crippen molar-refractivity contribution in [3.8, 4) is 11.5 Å². The van der Waals surface area contributed by atoms with E-state index >= 15 is 0 Å². The highest BCUT2D eigenvalue weighted by Crippen LogP contribution is 2.23. The molecule has 0 saturated heterocycles. The number of carbonyl (C=O) groups excluding carboxylic acids is 1.